The monoisotopic (exact) mass is 314 g/mol. The molecule has 0 aromatic heterocycles. The molecule has 2 aliphatic carbocycles. The van der Waals surface area contributed by atoms with Gasteiger partial charge in [-0.2, -0.15) is 0 Å². The molecule has 3 rings (SSSR count). The Bertz CT molecular complexity index is 580. The van der Waals surface area contributed by atoms with Gasteiger partial charge >= 0.3 is 0 Å². The van der Waals surface area contributed by atoms with E-state index >= 15 is 0 Å². The number of carbonyl (C=O) groups excluding carboxylic acids is 2. The van der Waals surface area contributed by atoms with Gasteiger partial charge in [-0.1, -0.05) is 24.3 Å². The first kappa shape index (κ1) is 16.0. The first-order chi connectivity index (χ1) is 11.1. The van der Waals surface area contributed by atoms with E-state index in [1.165, 1.54) is 11.1 Å². The van der Waals surface area contributed by atoms with Crippen LogP contribution in [0.25, 0.3) is 0 Å². The number of aryl methyl sites for hydroxylation is 1. The number of nitrogens with zero attached hydrogens (tertiary/aromatic N) is 1. The van der Waals surface area contributed by atoms with Gasteiger partial charge in [0.15, 0.2) is 0 Å². The molecule has 0 saturated heterocycles. The van der Waals surface area contributed by atoms with Crippen LogP contribution >= 0.6 is 0 Å². The van der Waals surface area contributed by atoms with E-state index in [1.807, 2.05) is 11.9 Å². The quantitative estimate of drug-likeness (QED) is 0.819. The van der Waals surface area contributed by atoms with Crippen molar-refractivity contribution in [1.29, 1.82) is 0 Å². The lowest BCUT2D eigenvalue weighted by Gasteiger charge is -2.32. The molecule has 2 aliphatic rings. The standard InChI is InChI=1S/C19H26N2O2/c1-21(17-11-10-14-5-2-3-6-16(14)13-17)18(22)7-4-12-20-19(23)15-8-9-15/h2-3,5-6,15,17H,4,7-13H2,1H3,(H,20,23). The molecular weight excluding hydrogens is 288 g/mol. The van der Waals surface area contributed by atoms with Gasteiger partial charge in [-0.25, -0.2) is 0 Å². The van der Waals surface area contributed by atoms with Crippen molar-refractivity contribution in [3.8, 4) is 0 Å². The highest BCUT2D eigenvalue weighted by molar-refractivity contribution is 5.81. The Morgan fingerprint density at radius 1 is 1.17 bits per heavy atom. The molecule has 0 bridgehead atoms. The molecule has 1 atom stereocenters. The van der Waals surface area contributed by atoms with Crippen molar-refractivity contribution < 1.29 is 9.59 Å². The largest absolute Gasteiger partial charge is 0.356 e. The van der Waals surface area contributed by atoms with Crippen LogP contribution in [0, 0.1) is 5.92 Å². The van der Waals surface area contributed by atoms with E-state index in [-0.39, 0.29) is 17.7 Å². The van der Waals surface area contributed by atoms with Gasteiger partial charge in [0, 0.05) is 32.0 Å². The highest BCUT2D eigenvalue weighted by Crippen LogP contribution is 2.28. The second-order valence-corrected chi connectivity index (χ2v) is 6.84. The Hall–Kier alpha value is -1.84. The van der Waals surface area contributed by atoms with Crippen molar-refractivity contribution in [1.82, 2.24) is 10.2 Å². The Morgan fingerprint density at radius 2 is 1.91 bits per heavy atom. The van der Waals surface area contributed by atoms with Crippen LogP contribution in [0.2, 0.25) is 0 Å². The Balaban J connectivity index is 1.41. The van der Waals surface area contributed by atoms with Crippen LogP contribution in [0.15, 0.2) is 24.3 Å². The number of rotatable bonds is 6. The minimum atomic E-state index is 0.162. The first-order valence-corrected chi connectivity index (χ1v) is 8.75. The molecule has 4 heteroatoms. The third-order valence-electron chi connectivity index (χ3n) is 5.08. The number of carbonyl (C=O) groups is 2. The van der Waals surface area contributed by atoms with Crippen molar-refractivity contribution in [2.45, 2.75) is 51.0 Å². The molecule has 1 saturated carbocycles. The second kappa shape index (κ2) is 7.16. The van der Waals surface area contributed by atoms with E-state index in [0.717, 1.165) is 38.5 Å². The zero-order chi connectivity index (χ0) is 16.2. The highest BCUT2D eigenvalue weighted by atomic mass is 16.2. The minimum Gasteiger partial charge on any atom is -0.356 e. The first-order valence-electron chi connectivity index (χ1n) is 8.75. The zero-order valence-corrected chi connectivity index (χ0v) is 13.9. The summed E-state index contributed by atoms with van der Waals surface area (Å²) in [6.07, 6.45) is 6.34. The number of likely N-dealkylation sites (N-methyl/N-ethyl adjacent to an activating group) is 1. The van der Waals surface area contributed by atoms with Crippen LogP contribution in [0.3, 0.4) is 0 Å². The number of fused-ring (bicyclic) bond motifs is 1. The maximum absolute atomic E-state index is 12.4. The summed E-state index contributed by atoms with van der Waals surface area (Å²) in [5, 5.41) is 2.92. The fourth-order valence-electron chi connectivity index (χ4n) is 3.33. The number of amides is 2. The molecule has 0 spiro atoms. The lowest BCUT2D eigenvalue weighted by atomic mass is 9.87. The van der Waals surface area contributed by atoms with Crippen molar-refractivity contribution in [3.63, 3.8) is 0 Å². The van der Waals surface area contributed by atoms with Crippen molar-refractivity contribution in [2.24, 2.45) is 5.92 Å². The fraction of sp³-hybridized carbons (Fsp3) is 0.579. The van der Waals surface area contributed by atoms with E-state index in [9.17, 15) is 9.59 Å². The summed E-state index contributed by atoms with van der Waals surface area (Å²) in [6.45, 7) is 0.614. The summed E-state index contributed by atoms with van der Waals surface area (Å²) in [4.78, 5) is 25.8. The summed E-state index contributed by atoms with van der Waals surface area (Å²) in [6, 6.07) is 8.83. The molecule has 1 unspecified atom stereocenters. The van der Waals surface area contributed by atoms with Crippen LogP contribution in [-0.4, -0.2) is 36.3 Å². The molecular formula is C19H26N2O2. The van der Waals surface area contributed by atoms with E-state index < -0.39 is 0 Å². The Kier molecular flexibility index (Phi) is 4.99. The average molecular weight is 314 g/mol. The van der Waals surface area contributed by atoms with Crippen molar-refractivity contribution in [2.75, 3.05) is 13.6 Å². The van der Waals surface area contributed by atoms with Gasteiger partial charge < -0.3 is 10.2 Å². The Morgan fingerprint density at radius 3 is 2.65 bits per heavy atom. The van der Waals surface area contributed by atoms with E-state index in [4.69, 9.17) is 0 Å². The smallest absolute Gasteiger partial charge is 0.223 e. The highest BCUT2D eigenvalue weighted by Gasteiger charge is 2.29. The van der Waals surface area contributed by atoms with Crippen molar-refractivity contribution >= 4 is 11.8 Å². The normalized spacial score (nSPS) is 19.8. The Labute approximate surface area is 138 Å². The molecule has 0 heterocycles. The van der Waals surface area contributed by atoms with Crippen LogP contribution in [-0.2, 0) is 22.4 Å². The fourth-order valence-corrected chi connectivity index (χ4v) is 3.33. The predicted octanol–water partition coefficient (Wildman–Crippen LogP) is 2.31. The van der Waals surface area contributed by atoms with E-state index in [1.54, 1.807) is 0 Å². The van der Waals surface area contributed by atoms with Gasteiger partial charge in [-0.15, -0.1) is 0 Å². The number of nitrogens with one attached hydrogen (secondary N) is 1. The summed E-state index contributed by atoms with van der Waals surface area (Å²) in [7, 11) is 1.92. The van der Waals surface area contributed by atoms with Crippen LogP contribution in [0.1, 0.15) is 43.2 Å². The van der Waals surface area contributed by atoms with Gasteiger partial charge in [-0.05, 0) is 49.7 Å². The topological polar surface area (TPSA) is 49.4 Å². The molecule has 1 aromatic rings. The van der Waals surface area contributed by atoms with Gasteiger partial charge in [0.1, 0.15) is 0 Å². The number of hydrogen-bond acceptors (Lipinski definition) is 2. The van der Waals surface area contributed by atoms with Crippen LogP contribution in [0.4, 0.5) is 0 Å². The molecule has 4 nitrogen and oxygen atoms in total. The second-order valence-electron chi connectivity index (χ2n) is 6.84. The molecule has 2 amide bonds. The number of benzene rings is 1. The minimum absolute atomic E-state index is 0.162. The summed E-state index contributed by atoms with van der Waals surface area (Å²) in [5.74, 6) is 0.598. The average Bonchev–Trinajstić information content (AvgIpc) is 3.42. The summed E-state index contributed by atoms with van der Waals surface area (Å²) in [5.41, 5.74) is 2.80. The number of hydrogen-bond donors (Lipinski definition) is 1. The molecule has 1 N–H and O–H groups in total. The zero-order valence-electron chi connectivity index (χ0n) is 13.9. The summed E-state index contributed by atoms with van der Waals surface area (Å²) < 4.78 is 0. The molecule has 0 radical (unpaired) electrons. The van der Waals surface area contributed by atoms with Crippen LogP contribution < -0.4 is 5.32 Å². The maximum Gasteiger partial charge on any atom is 0.223 e. The van der Waals surface area contributed by atoms with Crippen molar-refractivity contribution in [3.05, 3.63) is 35.4 Å². The molecule has 0 aliphatic heterocycles. The van der Waals surface area contributed by atoms with Gasteiger partial charge in [0.25, 0.3) is 0 Å². The third kappa shape index (κ3) is 4.12. The van der Waals surface area contributed by atoms with Crippen LogP contribution in [0.5, 0.6) is 0 Å². The van der Waals surface area contributed by atoms with E-state index in [2.05, 4.69) is 29.6 Å². The van der Waals surface area contributed by atoms with E-state index in [0.29, 0.717) is 19.0 Å². The predicted molar refractivity (Wildman–Crippen MR) is 90.0 cm³/mol. The van der Waals surface area contributed by atoms with Gasteiger partial charge in [0.2, 0.25) is 11.8 Å². The van der Waals surface area contributed by atoms with Gasteiger partial charge in [-0.3, -0.25) is 9.59 Å². The SMILES string of the molecule is CN(C(=O)CCCNC(=O)C1CC1)C1CCc2ccccc2C1. The molecule has 1 aromatic carbocycles. The molecule has 23 heavy (non-hydrogen) atoms. The lowest BCUT2D eigenvalue weighted by Crippen LogP contribution is -2.40. The molecule has 1 fully saturated rings. The summed E-state index contributed by atoms with van der Waals surface area (Å²) >= 11 is 0. The molecule has 124 valence electrons. The third-order valence-corrected chi connectivity index (χ3v) is 5.08. The lowest BCUT2D eigenvalue weighted by molar-refractivity contribution is -0.132. The maximum atomic E-state index is 12.4. The van der Waals surface area contributed by atoms with Gasteiger partial charge in [0.05, 0.1) is 0 Å².